The van der Waals surface area contributed by atoms with Gasteiger partial charge in [-0.1, -0.05) is 20.8 Å². The van der Waals surface area contributed by atoms with E-state index in [1.165, 1.54) is 4.90 Å². The molecule has 0 radical (unpaired) electrons. The molecule has 2 amide bonds. The summed E-state index contributed by atoms with van der Waals surface area (Å²) in [5, 5.41) is 3.12. The Hall–Kier alpha value is -0.940. The third-order valence-corrected chi connectivity index (χ3v) is 3.69. The van der Waals surface area contributed by atoms with E-state index in [0.29, 0.717) is 19.1 Å². The summed E-state index contributed by atoms with van der Waals surface area (Å²) in [6, 6.07) is -0.380. The van der Waals surface area contributed by atoms with Crippen LogP contribution < -0.4 is 5.32 Å². The molecule has 1 saturated heterocycles. The molecule has 0 aromatic carbocycles. The van der Waals surface area contributed by atoms with Gasteiger partial charge in [-0.05, 0) is 25.7 Å². The van der Waals surface area contributed by atoms with Crippen molar-refractivity contribution in [1.82, 2.24) is 10.2 Å². The average molecular weight is 284 g/mol. The largest absolute Gasteiger partial charge is 0.380 e. The summed E-state index contributed by atoms with van der Waals surface area (Å²) in [5.41, 5.74) is 0. The SMILES string of the molecule is CCC(C)N1C(=O)CC(NCCOCCC(C)C)C1=O. The Morgan fingerprint density at radius 2 is 2.00 bits per heavy atom. The lowest BCUT2D eigenvalue weighted by molar-refractivity contribution is -0.141. The molecule has 1 heterocycles. The van der Waals surface area contributed by atoms with Gasteiger partial charge in [0.2, 0.25) is 11.8 Å². The van der Waals surface area contributed by atoms with Gasteiger partial charge < -0.3 is 10.1 Å². The molecular formula is C15H28N2O3. The molecule has 0 saturated carbocycles. The van der Waals surface area contributed by atoms with E-state index in [9.17, 15) is 9.59 Å². The van der Waals surface area contributed by atoms with Crippen molar-refractivity contribution < 1.29 is 14.3 Å². The van der Waals surface area contributed by atoms with Crippen LogP contribution in [-0.4, -0.2) is 48.6 Å². The van der Waals surface area contributed by atoms with Crippen molar-refractivity contribution in [1.29, 1.82) is 0 Å². The molecule has 1 rings (SSSR count). The fraction of sp³-hybridized carbons (Fsp3) is 0.867. The number of amides is 2. The number of hydrogen-bond acceptors (Lipinski definition) is 4. The Kier molecular flexibility index (Phi) is 7.16. The van der Waals surface area contributed by atoms with Crippen LogP contribution in [0.15, 0.2) is 0 Å². The minimum atomic E-state index is -0.370. The lowest BCUT2D eigenvalue weighted by atomic mass is 10.1. The maximum absolute atomic E-state index is 12.1. The topological polar surface area (TPSA) is 58.6 Å². The number of hydrogen-bond donors (Lipinski definition) is 1. The van der Waals surface area contributed by atoms with Crippen molar-refractivity contribution in [2.75, 3.05) is 19.8 Å². The van der Waals surface area contributed by atoms with Gasteiger partial charge >= 0.3 is 0 Å². The minimum Gasteiger partial charge on any atom is -0.380 e. The molecule has 0 aromatic heterocycles. The molecule has 20 heavy (non-hydrogen) atoms. The fourth-order valence-electron chi connectivity index (χ4n) is 2.18. The zero-order valence-electron chi connectivity index (χ0n) is 13.1. The number of imide groups is 1. The van der Waals surface area contributed by atoms with Gasteiger partial charge in [-0.3, -0.25) is 14.5 Å². The van der Waals surface area contributed by atoms with Crippen LogP contribution in [0.4, 0.5) is 0 Å². The normalized spacial score (nSPS) is 21.1. The Morgan fingerprint density at radius 3 is 2.60 bits per heavy atom. The predicted molar refractivity (Wildman–Crippen MR) is 78.3 cm³/mol. The molecule has 1 aliphatic heterocycles. The number of carbonyl (C=O) groups is 2. The van der Waals surface area contributed by atoms with Gasteiger partial charge in [0.1, 0.15) is 0 Å². The maximum Gasteiger partial charge on any atom is 0.247 e. The van der Waals surface area contributed by atoms with Gasteiger partial charge in [-0.2, -0.15) is 0 Å². The van der Waals surface area contributed by atoms with Gasteiger partial charge in [-0.25, -0.2) is 0 Å². The van der Waals surface area contributed by atoms with Crippen LogP contribution in [0.3, 0.4) is 0 Å². The Bertz CT molecular complexity index is 331. The predicted octanol–water partition coefficient (Wildman–Crippen LogP) is 1.56. The van der Waals surface area contributed by atoms with Crippen molar-refractivity contribution in [3.05, 3.63) is 0 Å². The van der Waals surface area contributed by atoms with Crippen molar-refractivity contribution in [2.45, 2.75) is 59.0 Å². The summed E-state index contributed by atoms with van der Waals surface area (Å²) in [4.78, 5) is 25.4. The van der Waals surface area contributed by atoms with Gasteiger partial charge in [0.05, 0.1) is 19.1 Å². The van der Waals surface area contributed by atoms with Gasteiger partial charge in [0.25, 0.3) is 0 Å². The summed E-state index contributed by atoms with van der Waals surface area (Å²) < 4.78 is 5.49. The Labute approximate surface area is 122 Å². The number of rotatable bonds is 9. The molecule has 2 atom stereocenters. The zero-order chi connectivity index (χ0) is 15.1. The van der Waals surface area contributed by atoms with Crippen molar-refractivity contribution in [2.24, 2.45) is 5.92 Å². The van der Waals surface area contributed by atoms with Gasteiger partial charge in [-0.15, -0.1) is 0 Å². The molecule has 0 bridgehead atoms. The second kappa shape index (κ2) is 8.37. The van der Waals surface area contributed by atoms with Crippen LogP contribution in [0.25, 0.3) is 0 Å². The standard InChI is InChI=1S/C15H28N2O3/c1-5-12(4)17-14(18)10-13(15(17)19)16-7-9-20-8-6-11(2)3/h11-13,16H,5-10H2,1-4H3. The smallest absolute Gasteiger partial charge is 0.247 e. The quantitative estimate of drug-likeness (QED) is 0.516. The number of nitrogens with one attached hydrogen (secondary N) is 1. The zero-order valence-corrected chi connectivity index (χ0v) is 13.1. The maximum atomic E-state index is 12.1. The molecule has 1 N–H and O–H groups in total. The van der Waals surface area contributed by atoms with E-state index in [1.54, 1.807) is 0 Å². The molecule has 0 aliphatic carbocycles. The van der Waals surface area contributed by atoms with E-state index in [2.05, 4.69) is 19.2 Å². The van der Waals surface area contributed by atoms with E-state index in [0.717, 1.165) is 19.4 Å². The van der Waals surface area contributed by atoms with Crippen LogP contribution in [-0.2, 0) is 14.3 Å². The highest BCUT2D eigenvalue weighted by atomic mass is 16.5. The van der Waals surface area contributed by atoms with Crippen LogP contribution in [0.2, 0.25) is 0 Å². The van der Waals surface area contributed by atoms with Crippen molar-refractivity contribution in [3.63, 3.8) is 0 Å². The first-order valence-electron chi connectivity index (χ1n) is 7.64. The lowest BCUT2D eigenvalue weighted by Crippen LogP contribution is -2.43. The molecule has 5 heteroatoms. The summed E-state index contributed by atoms with van der Waals surface area (Å²) in [6.45, 7) is 10.1. The van der Waals surface area contributed by atoms with E-state index in [1.807, 2.05) is 13.8 Å². The van der Waals surface area contributed by atoms with Crippen molar-refractivity contribution in [3.8, 4) is 0 Å². The van der Waals surface area contributed by atoms with Crippen LogP contribution in [0.5, 0.6) is 0 Å². The van der Waals surface area contributed by atoms with Crippen molar-refractivity contribution >= 4 is 11.8 Å². The molecule has 5 nitrogen and oxygen atoms in total. The van der Waals surface area contributed by atoms with E-state index < -0.39 is 0 Å². The molecular weight excluding hydrogens is 256 g/mol. The summed E-state index contributed by atoms with van der Waals surface area (Å²) >= 11 is 0. The van der Waals surface area contributed by atoms with Crippen LogP contribution >= 0.6 is 0 Å². The van der Waals surface area contributed by atoms with Gasteiger partial charge in [0, 0.05) is 19.2 Å². The number of ether oxygens (including phenoxy) is 1. The van der Waals surface area contributed by atoms with Gasteiger partial charge in [0.15, 0.2) is 0 Å². The Balaban J connectivity index is 2.25. The number of carbonyl (C=O) groups excluding carboxylic acids is 2. The molecule has 1 aliphatic rings. The highest BCUT2D eigenvalue weighted by Gasteiger charge is 2.40. The van der Waals surface area contributed by atoms with E-state index in [4.69, 9.17) is 4.74 Å². The molecule has 0 aromatic rings. The second-order valence-electron chi connectivity index (χ2n) is 5.86. The second-order valence-corrected chi connectivity index (χ2v) is 5.86. The summed E-state index contributed by atoms with van der Waals surface area (Å²) in [6.07, 6.45) is 2.11. The monoisotopic (exact) mass is 284 g/mol. The summed E-state index contributed by atoms with van der Waals surface area (Å²) in [5.74, 6) is 0.482. The lowest BCUT2D eigenvalue weighted by Gasteiger charge is -2.21. The third-order valence-electron chi connectivity index (χ3n) is 3.69. The first kappa shape index (κ1) is 17.1. The van der Waals surface area contributed by atoms with Crippen LogP contribution in [0, 0.1) is 5.92 Å². The Morgan fingerprint density at radius 1 is 1.30 bits per heavy atom. The highest BCUT2D eigenvalue weighted by Crippen LogP contribution is 2.17. The minimum absolute atomic E-state index is 0.0101. The highest BCUT2D eigenvalue weighted by molar-refractivity contribution is 6.05. The molecule has 2 unspecified atom stereocenters. The first-order valence-corrected chi connectivity index (χ1v) is 7.64. The average Bonchev–Trinajstić information content (AvgIpc) is 2.67. The molecule has 1 fully saturated rings. The number of nitrogens with zero attached hydrogens (tertiary/aromatic N) is 1. The third kappa shape index (κ3) is 4.87. The number of likely N-dealkylation sites (tertiary alicyclic amines) is 1. The summed E-state index contributed by atoms with van der Waals surface area (Å²) in [7, 11) is 0. The van der Waals surface area contributed by atoms with Crippen LogP contribution in [0.1, 0.15) is 47.0 Å². The van der Waals surface area contributed by atoms with E-state index >= 15 is 0 Å². The molecule has 116 valence electrons. The first-order chi connectivity index (χ1) is 9.47. The van der Waals surface area contributed by atoms with E-state index in [-0.39, 0.29) is 30.3 Å². The molecule has 0 spiro atoms. The fourth-order valence-corrected chi connectivity index (χ4v) is 2.18.